The van der Waals surface area contributed by atoms with E-state index in [0.29, 0.717) is 5.54 Å². The molecule has 2 fully saturated rings. The molecule has 2 atom stereocenters. The number of nitrogens with zero attached hydrogens (tertiary/aromatic N) is 1. The second kappa shape index (κ2) is 5.05. The van der Waals surface area contributed by atoms with Crippen molar-refractivity contribution in [3.8, 4) is 0 Å². The van der Waals surface area contributed by atoms with E-state index >= 15 is 0 Å². The van der Waals surface area contributed by atoms with Crippen molar-refractivity contribution in [1.82, 2.24) is 10.2 Å². The van der Waals surface area contributed by atoms with Crippen LogP contribution in [0.3, 0.4) is 0 Å². The fourth-order valence-electron chi connectivity index (χ4n) is 3.56. The molecular formula is C14H28N2. The molecule has 1 saturated heterocycles. The summed E-state index contributed by atoms with van der Waals surface area (Å²) in [6, 6.07) is 1.47. The number of piperazine rings is 1. The quantitative estimate of drug-likeness (QED) is 0.790. The molecule has 0 aromatic heterocycles. The van der Waals surface area contributed by atoms with Crippen LogP contribution in [0.25, 0.3) is 0 Å². The van der Waals surface area contributed by atoms with Crippen LogP contribution in [-0.2, 0) is 0 Å². The average Bonchev–Trinajstić information content (AvgIpc) is 2.22. The highest BCUT2D eigenvalue weighted by atomic mass is 15.3. The summed E-state index contributed by atoms with van der Waals surface area (Å²) in [6.45, 7) is 9.53. The summed E-state index contributed by atoms with van der Waals surface area (Å²) in [5.74, 6) is 0. The van der Waals surface area contributed by atoms with Gasteiger partial charge in [-0.3, -0.25) is 4.90 Å². The molecule has 2 heteroatoms. The molecule has 0 spiro atoms. The highest BCUT2D eigenvalue weighted by Gasteiger charge is 2.44. The van der Waals surface area contributed by atoms with E-state index in [1.807, 2.05) is 0 Å². The van der Waals surface area contributed by atoms with Gasteiger partial charge in [0.2, 0.25) is 0 Å². The lowest BCUT2D eigenvalue weighted by atomic mass is 9.72. The Labute approximate surface area is 101 Å². The number of rotatable bonds is 4. The van der Waals surface area contributed by atoms with Gasteiger partial charge in [-0.05, 0) is 39.0 Å². The van der Waals surface area contributed by atoms with Crippen molar-refractivity contribution < 1.29 is 0 Å². The van der Waals surface area contributed by atoms with E-state index < -0.39 is 0 Å². The van der Waals surface area contributed by atoms with Crippen molar-refractivity contribution in [3.05, 3.63) is 0 Å². The first-order valence-electron chi connectivity index (χ1n) is 7.22. The zero-order valence-electron chi connectivity index (χ0n) is 11.3. The van der Waals surface area contributed by atoms with Crippen molar-refractivity contribution in [1.29, 1.82) is 0 Å². The molecule has 94 valence electrons. The Bertz CT molecular complexity index is 217. The van der Waals surface area contributed by atoms with E-state index in [1.165, 1.54) is 51.6 Å². The molecule has 2 unspecified atom stereocenters. The molecule has 1 aliphatic heterocycles. The van der Waals surface area contributed by atoms with Crippen molar-refractivity contribution in [2.75, 3.05) is 13.1 Å². The summed E-state index contributed by atoms with van der Waals surface area (Å²) in [5.41, 5.74) is 0.577. The summed E-state index contributed by atoms with van der Waals surface area (Å²) in [5, 5.41) is 3.70. The molecule has 1 aliphatic carbocycles. The molecule has 16 heavy (non-hydrogen) atoms. The number of hydrogen-bond donors (Lipinski definition) is 1. The van der Waals surface area contributed by atoms with Crippen molar-refractivity contribution >= 4 is 0 Å². The Hall–Kier alpha value is -0.0800. The third kappa shape index (κ3) is 2.14. The zero-order chi connectivity index (χ0) is 11.6. The zero-order valence-corrected chi connectivity index (χ0v) is 11.3. The molecule has 0 radical (unpaired) electrons. The lowest BCUT2D eigenvalue weighted by Gasteiger charge is -2.55. The van der Waals surface area contributed by atoms with E-state index in [1.54, 1.807) is 0 Å². The van der Waals surface area contributed by atoms with Gasteiger partial charge in [-0.15, -0.1) is 0 Å². The third-order valence-corrected chi connectivity index (χ3v) is 4.84. The predicted octanol–water partition coefficient (Wildman–Crippen LogP) is 2.78. The van der Waals surface area contributed by atoms with E-state index in [0.717, 1.165) is 12.1 Å². The maximum atomic E-state index is 3.70. The van der Waals surface area contributed by atoms with Gasteiger partial charge in [-0.25, -0.2) is 0 Å². The third-order valence-electron chi connectivity index (χ3n) is 4.84. The molecule has 2 aliphatic rings. The van der Waals surface area contributed by atoms with Crippen LogP contribution in [0.4, 0.5) is 0 Å². The van der Waals surface area contributed by atoms with Crippen LogP contribution in [0.5, 0.6) is 0 Å². The number of nitrogens with one attached hydrogen (secondary N) is 1. The van der Waals surface area contributed by atoms with Gasteiger partial charge in [0.1, 0.15) is 0 Å². The Morgan fingerprint density at radius 3 is 2.56 bits per heavy atom. The Kier molecular flexibility index (Phi) is 3.91. The molecule has 0 amide bonds. The summed E-state index contributed by atoms with van der Waals surface area (Å²) in [7, 11) is 0. The molecule has 0 aromatic carbocycles. The molecule has 1 N–H and O–H groups in total. The first-order chi connectivity index (χ1) is 7.72. The number of hydrogen-bond acceptors (Lipinski definition) is 2. The fraction of sp³-hybridized carbons (Fsp3) is 1.00. The van der Waals surface area contributed by atoms with E-state index in [-0.39, 0.29) is 0 Å². The minimum absolute atomic E-state index is 0.577. The first-order valence-corrected chi connectivity index (χ1v) is 7.22. The van der Waals surface area contributed by atoms with Gasteiger partial charge < -0.3 is 5.32 Å². The Morgan fingerprint density at radius 1 is 1.31 bits per heavy atom. The lowest BCUT2D eigenvalue weighted by molar-refractivity contribution is -0.0387. The largest absolute Gasteiger partial charge is 0.311 e. The standard InChI is InChI=1S/C14H28N2/c1-4-7-13-11-16(12(3)10-15-13)14(5-2)8-6-9-14/h12-13,15H,4-11H2,1-3H3. The molecule has 0 aromatic rings. The fourth-order valence-corrected chi connectivity index (χ4v) is 3.56. The van der Waals surface area contributed by atoms with Gasteiger partial charge in [0.15, 0.2) is 0 Å². The maximum absolute atomic E-state index is 3.70. The monoisotopic (exact) mass is 224 g/mol. The highest BCUT2D eigenvalue weighted by molar-refractivity contribution is 5.01. The van der Waals surface area contributed by atoms with Crippen LogP contribution in [0.15, 0.2) is 0 Å². The molecule has 2 nitrogen and oxygen atoms in total. The summed E-state index contributed by atoms with van der Waals surface area (Å²) in [4.78, 5) is 2.83. The first kappa shape index (κ1) is 12.4. The molecule has 2 rings (SSSR count). The van der Waals surface area contributed by atoms with Gasteiger partial charge >= 0.3 is 0 Å². The maximum Gasteiger partial charge on any atom is 0.0211 e. The Morgan fingerprint density at radius 2 is 2.06 bits per heavy atom. The molecular weight excluding hydrogens is 196 g/mol. The van der Waals surface area contributed by atoms with Crippen LogP contribution < -0.4 is 5.32 Å². The predicted molar refractivity (Wildman–Crippen MR) is 69.7 cm³/mol. The lowest BCUT2D eigenvalue weighted by Crippen LogP contribution is -2.65. The summed E-state index contributed by atoms with van der Waals surface area (Å²) < 4.78 is 0. The average molecular weight is 224 g/mol. The van der Waals surface area contributed by atoms with Gasteiger partial charge in [0, 0.05) is 30.7 Å². The van der Waals surface area contributed by atoms with Crippen LogP contribution >= 0.6 is 0 Å². The van der Waals surface area contributed by atoms with Crippen molar-refractivity contribution in [3.63, 3.8) is 0 Å². The SMILES string of the molecule is CCCC1CN(C2(CC)CCC2)C(C)CN1. The molecule has 1 heterocycles. The van der Waals surface area contributed by atoms with Crippen LogP contribution in [-0.4, -0.2) is 35.6 Å². The summed E-state index contributed by atoms with van der Waals surface area (Å²) in [6.07, 6.45) is 8.31. The van der Waals surface area contributed by atoms with E-state index in [2.05, 4.69) is 31.0 Å². The normalized spacial score (nSPS) is 34.7. The van der Waals surface area contributed by atoms with Gasteiger partial charge in [-0.2, -0.15) is 0 Å². The van der Waals surface area contributed by atoms with Crippen LogP contribution in [0, 0.1) is 0 Å². The highest BCUT2D eigenvalue weighted by Crippen LogP contribution is 2.42. The van der Waals surface area contributed by atoms with Crippen molar-refractivity contribution in [2.45, 2.75) is 76.9 Å². The second-order valence-corrected chi connectivity index (χ2v) is 5.83. The van der Waals surface area contributed by atoms with Crippen LogP contribution in [0.1, 0.15) is 59.3 Å². The topological polar surface area (TPSA) is 15.3 Å². The molecule has 0 bridgehead atoms. The van der Waals surface area contributed by atoms with Crippen molar-refractivity contribution in [2.24, 2.45) is 0 Å². The minimum atomic E-state index is 0.577. The van der Waals surface area contributed by atoms with Gasteiger partial charge in [0.05, 0.1) is 0 Å². The Balaban J connectivity index is 2.00. The van der Waals surface area contributed by atoms with Gasteiger partial charge in [-0.1, -0.05) is 20.3 Å². The van der Waals surface area contributed by atoms with E-state index in [9.17, 15) is 0 Å². The summed E-state index contributed by atoms with van der Waals surface area (Å²) >= 11 is 0. The van der Waals surface area contributed by atoms with E-state index in [4.69, 9.17) is 0 Å². The second-order valence-electron chi connectivity index (χ2n) is 5.83. The minimum Gasteiger partial charge on any atom is -0.311 e. The molecule has 1 saturated carbocycles. The van der Waals surface area contributed by atoms with Crippen LogP contribution in [0.2, 0.25) is 0 Å². The van der Waals surface area contributed by atoms with Gasteiger partial charge in [0.25, 0.3) is 0 Å². The smallest absolute Gasteiger partial charge is 0.0211 e.